The summed E-state index contributed by atoms with van der Waals surface area (Å²) in [5, 5.41) is 0. The van der Waals surface area contributed by atoms with Crippen molar-refractivity contribution in [2.45, 2.75) is 114 Å². The fourth-order valence-corrected chi connectivity index (χ4v) is 10.1. The molecule has 0 spiro atoms. The first-order valence-electron chi connectivity index (χ1n) is 24.5. The number of anilines is 3. The van der Waals surface area contributed by atoms with E-state index in [1.165, 1.54) is 24.3 Å². The van der Waals surface area contributed by atoms with Gasteiger partial charge >= 0.3 is 49.4 Å². The third kappa shape index (κ3) is 13.8. The van der Waals surface area contributed by atoms with E-state index in [-0.39, 0.29) is 60.3 Å². The number of halogens is 24. The zero-order chi connectivity index (χ0) is 62.4. The van der Waals surface area contributed by atoms with Gasteiger partial charge in [0.2, 0.25) is 0 Å². The Hall–Kier alpha value is -6.76. The Bertz CT molecular complexity index is 3200. The Morgan fingerprint density at radius 3 is 1.16 bits per heavy atom. The molecule has 0 heterocycles. The number of hydrogen-bond donors (Lipinski definition) is 0. The van der Waals surface area contributed by atoms with Crippen LogP contribution in [0.3, 0.4) is 0 Å². The Morgan fingerprint density at radius 1 is 0.373 bits per heavy atom. The summed E-state index contributed by atoms with van der Waals surface area (Å²) in [6.07, 6.45) is -45.8. The molecule has 4 aromatic carbocycles. The lowest BCUT2D eigenvalue weighted by atomic mass is 9.74. The first-order valence-corrected chi connectivity index (χ1v) is 24.5. The van der Waals surface area contributed by atoms with E-state index < -0.39 is 153 Å². The van der Waals surface area contributed by atoms with E-state index in [1.54, 1.807) is 52.0 Å². The van der Waals surface area contributed by atoms with Crippen molar-refractivity contribution in [2.75, 3.05) is 9.80 Å². The predicted molar refractivity (Wildman–Crippen MR) is 259 cm³/mol. The molecule has 0 N–H and O–H groups in total. The van der Waals surface area contributed by atoms with Gasteiger partial charge in [0.15, 0.2) is 0 Å². The molecule has 4 unspecified atom stereocenters. The molecular formula is C57H44F24N2. The summed E-state index contributed by atoms with van der Waals surface area (Å²) < 4.78 is 341. The number of allylic oxidation sites excluding steroid dienone is 10. The number of nitrogens with zero attached hydrogens (tertiary/aromatic N) is 2. The molecule has 0 fully saturated rings. The summed E-state index contributed by atoms with van der Waals surface area (Å²) >= 11 is 0. The third-order valence-corrected chi connectivity index (χ3v) is 14.8. The zero-order valence-electron chi connectivity index (χ0n) is 43.3. The molecular weight excluding hydrogens is 1170 g/mol. The lowest BCUT2D eigenvalue weighted by Gasteiger charge is -2.40. The van der Waals surface area contributed by atoms with Gasteiger partial charge in [0.1, 0.15) is 0 Å². The van der Waals surface area contributed by atoms with Crippen LogP contribution in [0.2, 0.25) is 0 Å². The van der Waals surface area contributed by atoms with Crippen LogP contribution in [0.15, 0.2) is 161 Å². The quantitative estimate of drug-likeness (QED) is 0.146. The van der Waals surface area contributed by atoms with Crippen molar-refractivity contribution in [3.05, 3.63) is 195 Å². The van der Waals surface area contributed by atoms with Gasteiger partial charge in [-0.05, 0) is 89.0 Å². The van der Waals surface area contributed by atoms with Crippen LogP contribution in [-0.4, -0.2) is 43.1 Å². The molecule has 0 amide bonds. The largest absolute Gasteiger partial charge is 0.416 e. The van der Waals surface area contributed by atoms with Gasteiger partial charge in [-0.2, -0.15) is 105 Å². The number of benzene rings is 4. The van der Waals surface area contributed by atoms with Crippen LogP contribution in [-0.2, 0) is 23.2 Å². The smallest absolute Gasteiger partial charge is 0.338 e. The molecule has 2 nitrogen and oxygen atoms in total. The van der Waals surface area contributed by atoms with Crippen molar-refractivity contribution >= 4 is 17.1 Å². The van der Waals surface area contributed by atoms with E-state index in [0.29, 0.717) is 32.1 Å². The first kappa shape index (κ1) is 63.8. The van der Waals surface area contributed by atoms with Crippen LogP contribution in [0, 0.1) is 17.8 Å². The fraction of sp³-hybridized carbons (Fsp3) is 0.368. The molecule has 0 aliphatic heterocycles. The second-order valence-corrected chi connectivity index (χ2v) is 21.1. The van der Waals surface area contributed by atoms with E-state index in [0.717, 1.165) is 31.2 Å². The first-order chi connectivity index (χ1) is 37.6. The molecule has 0 saturated heterocycles. The van der Waals surface area contributed by atoms with Gasteiger partial charge in [-0.15, -0.1) is 0 Å². The highest BCUT2D eigenvalue weighted by Gasteiger charge is 2.51. The Balaban J connectivity index is 1.25. The summed E-state index contributed by atoms with van der Waals surface area (Å²) in [6, 6.07) is 13.9. The van der Waals surface area contributed by atoms with Crippen LogP contribution >= 0.6 is 0 Å². The molecule has 7 rings (SSSR count). The average molecular weight is 1210 g/mol. The summed E-state index contributed by atoms with van der Waals surface area (Å²) in [5.74, 6) is -7.80. The number of hydrogen-bond acceptors (Lipinski definition) is 2. The topological polar surface area (TPSA) is 6.48 Å². The van der Waals surface area contributed by atoms with Crippen molar-refractivity contribution in [1.29, 1.82) is 0 Å². The maximum atomic E-state index is 14.4. The van der Waals surface area contributed by atoms with Gasteiger partial charge in [-0.3, -0.25) is 0 Å². The fourth-order valence-electron chi connectivity index (χ4n) is 10.1. The summed E-state index contributed by atoms with van der Waals surface area (Å²) in [4.78, 5) is 1.03. The molecule has 4 aromatic rings. The minimum atomic E-state index is -5.49. The SMILES string of the molecule is CC1C(N(c2ccc(C(C)(C)c3ccc(C(C)(C)c4ccc(N(C5=CC(C(F)(F)F)=CC(C(F)(F)F)C5)C5C=C(C(F)(F)F)C=C(C(F)(F)F)C5)cc4)cc3)cc2)c2cc(C(F)(F)F)cc(C(F)(F)F)c2)=CC(C(F)(F)F)=CC1C(F)(F)F. The maximum Gasteiger partial charge on any atom is 0.416 e. The molecule has 450 valence electrons. The molecule has 3 aliphatic carbocycles. The molecule has 3 aliphatic rings. The molecule has 0 aromatic heterocycles. The summed E-state index contributed by atoms with van der Waals surface area (Å²) in [5.41, 5.74) is -15.5. The summed E-state index contributed by atoms with van der Waals surface area (Å²) in [7, 11) is 0. The lowest BCUT2D eigenvalue weighted by Crippen LogP contribution is -2.40. The molecule has 4 atom stereocenters. The van der Waals surface area contributed by atoms with Gasteiger partial charge in [-0.1, -0.05) is 95.3 Å². The Morgan fingerprint density at radius 2 is 0.771 bits per heavy atom. The molecule has 0 saturated carbocycles. The highest BCUT2D eigenvalue weighted by molar-refractivity contribution is 5.72. The van der Waals surface area contributed by atoms with Gasteiger partial charge in [0, 0.05) is 63.6 Å². The van der Waals surface area contributed by atoms with Crippen LogP contribution < -0.4 is 9.80 Å². The van der Waals surface area contributed by atoms with E-state index in [1.807, 2.05) is 0 Å². The van der Waals surface area contributed by atoms with Crippen LogP contribution in [0.1, 0.15) is 80.8 Å². The van der Waals surface area contributed by atoms with Crippen LogP contribution in [0.5, 0.6) is 0 Å². The maximum absolute atomic E-state index is 14.4. The monoisotopic (exact) mass is 1210 g/mol. The minimum Gasteiger partial charge on any atom is -0.338 e. The predicted octanol–water partition coefficient (Wildman–Crippen LogP) is 20.2. The molecule has 83 heavy (non-hydrogen) atoms. The second-order valence-electron chi connectivity index (χ2n) is 21.1. The number of alkyl halides is 24. The molecule has 26 heteroatoms. The van der Waals surface area contributed by atoms with Gasteiger partial charge in [0.05, 0.1) is 45.7 Å². The van der Waals surface area contributed by atoms with E-state index in [9.17, 15) is 105 Å². The van der Waals surface area contributed by atoms with Crippen molar-refractivity contribution in [3.8, 4) is 0 Å². The highest BCUT2D eigenvalue weighted by atomic mass is 19.4. The van der Waals surface area contributed by atoms with Crippen LogP contribution in [0.4, 0.5) is 122 Å². The van der Waals surface area contributed by atoms with E-state index in [4.69, 9.17) is 0 Å². The average Bonchev–Trinajstić information content (AvgIpc) is 3.50. The van der Waals surface area contributed by atoms with Crippen molar-refractivity contribution in [1.82, 2.24) is 0 Å². The van der Waals surface area contributed by atoms with Gasteiger partial charge in [0.25, 0.3) is 0 Å². The Labute approximate surface area is 457 Å². The molecule has 0 radical (unpaired) electrons. The van der Waals surface area contributed by atoms with Gasteiger partial charge < -0.3 is 9.80 Å². The standard InChI is InChI=1S/C57H44F24N2/c1-29-46(57(79,80)81)27-40(56(76,77)78)28-47(29)83(45-25-38(54(70,71)72)20-39(26-45)55(73,74)75)42-16-12-33(13-17-42)49(4,5)31-8-6-30(7-9-31)48(2,3)32-10-14-41(15-11-32)82(43-21-34(50(58,59)60)18-35(22-43)51(61,62)63)44-23-36(52(64,65)66)19-37(24-44)53(67,68)69/h6-21,23,25-29,35,44,46H,22,24H2,1-5H3. The summed E-state index contributed by atoms with van der Waals surface area (Å²) in [6.45, 7) is 7.39. The van der Waals surface area contributed by atoms with Crippen molar-refractivity contribution in [3.63, 3.8) is 0 Å². The second kappa shape index (κ2) is 21.4. The van der Waals surface area contributed by atoms with Gasteiger partial charge in [-0.25, -0.2) is 0 Å². The molecule has 0 bridgehead atoms. The van der Waals surface area contributed by atoms with Crippen LogP contribution in [0.25, 0.3) is 0 Å². The highest BCUT2D eigenvalue weighted by Crippen LogP contribution is 2.51. The Kier molecular flexibility index (Phi) is 16.4. The van der Waals surface area contributed by atoms with E-state index in [2.05, 4.69) is 0 Å². The minimum absolute atomic E-state index is 0.132. The normalized spacial score (nSPS) is 20.2. The van der Waals surface area contributed by atoms with Crippen molar-refractivity contribution in [2.24, 2.45) is 17.8 Å². The number of rotatable bonds is 10. The third-order valence-electron chi connectivity index (χ3n) is 14.8. The van der Waals surface area contributed by atoms with Crippen molar-refractivity contribution < 1.29 is 105 Å². The van der Waals surface area contributed by atoms with E-state index >= 15 is 0 Å². The lowest BCUT2D eigenvalue weighted by molar-refractivity contribution is -0.171. The zero-order valence-corrected chi connectivity index (χ0v) is 43.3.